The Morgan fingerprint density at radius 1 is 1.15 bits per heavy atom. The minimum absolute atomic E-state index is 0.482. The van der Waals surface area contributed by atoms with E-state index in [1.54, 1.807) is 0 Å². The Hall–Kier alpha value is -1.31. The Morgan fingerprint density at radius 2 is 1.92 bits per heavy atom. The van der Waals surface area contributed by atoms with Crippen LogP contribution in [0.2, 0.25) is 0 Å². The van der Waals surface area contributed by atoms with Crippen molar-refractivity contribution < 1.29 is 9.53 Å². The molecule has 0 aliphatic rings. The first-order chi connectivity index (χ1) is 6.43. The van der Waals surface area contributed by atoms with E-state index in [0.717, 1.165) is 19.3 Å². The van der Waals surface area contributed by atoms with Gasteiger partial charge in [0.2, 0.25) is 0 Å². The molecule has 0 N–H and O–H groups in total. The Labute approximate surface area is 78.5 Å². The van der Waals surface area contributed by atoms with Crippen LogP contribution in [0, 0.1) is 0 Å². The second-order valence-corrected chi connectivity index (χ2v) is 2.87. The van der Waals surface area contributed by atoms with Gasteiger partial charge in [0.15, 0.2) is 0 Å². The van der Waals surface area contributed by atoms with Crippen molar-refractivity contribution in [3.05, 3.63) is 35.9 Å². The SMILES string of the molecule is O=[C]OCCCCc1ccccc1. The average molecular weight is 177 g/mol. The van der Waals surface area contributed by atoms with Crippen LogP contribution < -0.4 is 0 Å². The van der Waals surface area contributed by atoms with E-state index in [2.05, 4.69) is 16.9 Å². The van der Waals surface area contributed by atoms with E-state index in [-0.39, 0.29) is 0 Å². The van der Waals surface area contributed by atoms with E-state index in [0.29, 0.717) is 6.61 Å². The first kappa shape index (κ1) is 9.78. The van der Waals surface area contributed by atoms with Gasteiger partial charge >= 0.3 is 6.47 Å². The van der Waals surface area contributed by atoms with E-state index < -0.39 is 0 Å². The third-order valence-corrected chi connectivity index (χ3v) is 1.86. The maximum atomic E-state index is 9.69. The maximum absolute atomic E-state index is 9.69. The number of hydrogen-bond donors (Lipinski definition) is 0. The summed E-state index contributed by atoms with van der Waals surface area (Å²) in [6, 6.07) is 10.3. The molecule has 0 aliphatic heterocycles. The van der Waals surface area contributed by atoms with Gasteiger partial charge in [-0.15, -0.1) is 0 Å². The zero-order valence-electron chi connectivity index (χ0n) is 7.53. The van der Waals surface area contributed by atoms with Crippen molar-refractivity contribution >= 4 is 6.47 Å². The van der Waals surface area contributed by atoms with Gasteiger partial charge in [0.1, 0.15) is 0 Å². The minimum Gasteiger partial charge on any atom is -0.457 e. The number of benzene rings is 1. The molecule has 2 heteroatoms. The van der Waals surface area contributed by atoms with Gasteiger partial charge in [-0.05, 0) is 24.8 Å². The van der Waals surface area contributed by atoms with Crippen LogP contribution >= 0.6 is 0 Å². The first-order valence-corrected chi connectivity index (χ1v) is 4.46. The Morgan fingerprint density at radius 3 is 2.62 bits per heavy atom. The zero-order chi connectivity index (χ0) is 9.36. The molecule has 0 saturated carbocycles. The molecular formula is C11H13O2. The molecule has 1 rings (SSSR count). The number of rotatable bonds is 6. The molecule has 1 aromatic carbocycles. The fourth-order valence-electron chi connectivity index (χ4n) is 1.19. The van der Waals surface area contributed by atoms with Gasteiger partial charge in [0.05, 0.1) is 6.61 Å². The summed E-state index contributed by atoms with van der Waals surface area (Å²) in [6.07, 6.45) is 3.00. The summed E-state index contributed by atoms with van der Waals surface area (Å²) >= 11 is 0. The van der Waals surface area contributed by atoms with E-state index in [1.807, 2.05) is 18.2 Å². The topological polar surface area (TPSA) is 26.3 Å². The first-order valence-electron chi connectivity index (χ1n) is 4.46. The Bertz CT molecular complexity index is 231. The second kappa shape index (κ2) is 6.23. The van der Waals surface area contributed by atoms with Gasteiger partial charge in [-0.3, -0.25) is 0 Å². The number of hydrogen-bond acceptors (Lipinski definition) is 2. The smallest absolute Gasteiger partial charge is 0.417 e. The molecule has 0 spiro atoms. The molecule has 0 aliphatic carbocycles. The largest absolute Gasteiger partial charge is 0.457 e. The van der Waals surface area contributed by atoms with Gasteiger partial charge in [-0.2, -0.15) is 0 Å². The predicted octanol–water partition coefficient (Wildman–Crippen LogP) is 2.09. The lowest BCUT2D eigenvalue weighted by Crippen LogP contribution is -1.93. The highest BCUT2D eigenvalue weighted by molar-refractivity contribution is 5.37. The van der Waals surface area contributed by atoms with E-state index in [9.17, 15) is 4.79 Å². The monoisotopic (exact) mass is 177 g/mol. The minimum atomic E-state index is 0.482. The highest BCUT2D eigenvalue weighted by Gasteiger charge is 1.92. The Kier molecular flexibility index (Phi) is 4.69. The molecule has 0 aromatic heterocycles. The summed E-state index contributed by atoms with van der Waals surface area (Å²) in [5.74, 6) is 0. The molecule has 0 saturated heterocycles. The molecule has 0 bridgehead atoms. The van der Waals surface area contributed by atoms with Crippen LogP contribution in [-0.4, -0.2) is 13.1 Å². The van der Waals surface area contributed by atoms with Crippen LogP contribution in [0.1, 0.15) is 18.4 Å². The zero-order valence-corrected chi connectivity index (χ0v) is 7.53. The molecule has 69 valence electrons. The lowest BCUT2D eigenvalue weighted by molar-refractivity contribution is 0.270. The van der Waals surface area contributed by atoms with Crippen LogP contribution in [0.25, 0.3) is 0 Å². The average Bonchev–Trinajstić information content (AvgIpc) is 2.19. The van der Waals surface area contributed by atoms with Gasteiger partial charge in [0, 0.05) is 0 Å². The molecule has 0 amide bonds. The maximum Gasteiger partial charge on any atom is 0.417 e. The van der Waals surface area contributed by atoms with Crippen LogP contribution in [0.5, 0.6) is 0 Å². The number of carbonyl (C=O) groups excluding carboxylic acids is 1. The summed E-state index contributed by atoms with van der Waals surface area (Å²) in [4.78, 5) is 9.69. The van der Waals surface area contributed by atoms with Crippen molar-refractivity contribution in [3.63, 3.8) is 0 Å². The molecule has 0 fully saturated rings. The van der Waals surface area contributed by atoms with Crippen molar-refractivity contribution in [3.8, 4) is 0 Å². The summed E-state index contributed by atoms with van der Waals surface area (Å²) in [7, 11) is 0. The number of aryl methyl sites for hydroxylation is 1. The molecule has 13 heavy (non-hydrogen) atoms. The summed E-state index contributed by atoms with van der Waals surface area (Å²) < 4.78 is 4.47. The number of ether oxygens (including phenoxy) is 1. The summed E-state index contributed by atoms with van der Waals surface area (Å²) in [6.45, 7) is 1.90. The third kappa shape index (κ3) is 4.31. The Balaban J connectivity index is 2.10. The summed E-state index contributed by atoms with van der Waals surface area (Å²) in [5, 5.41) is 0. The van der Waals surface area contributed by atoms with Crippen molar-refractivity contribution in [2.75, 3.05) is 6.61 Å². The highest BCUT2D eigenvalue weighted by atomic mass is 16.5. The van der Waals surface area contributed by atoms with Crippen molar-refractivity contribution in [1.82, 2.24) is 0 Å². The van der Waals surface area contributed by atoms with Crippen molar-refractivity contribution in [2.24, 2.45) is 0 Å². The molecule has 0 atom stereocenters. The molecule has 1 aromatic rings. The van der Waals surface area contributed by atoms with E-state index in [1.165, 1.54) is 12.0 Å². The van der Waals surface area contributed by atoms with Gasteiger partial charge in [0.25, 0.3) is 0 Å². The standard InChI is InChI=1S/C11H13O2/c12-10-13-9-5-4-8-11-6-2-1-3-7-11/h1-3,6-7H,4-5,8-9H2. The van der Waals surface area contributed by atoms with E-state index >= 15 is 0 Å². The fraction of sp³-hybridized carbons (Fsp3) is 0.364. The molecule has 0 heterocycles. The predicted molar refractivity (Wildman–Crippen MR) is 51.0 cm³/mol. The lowest BCUT2D eigenvalue weighted by Gasteiger charge is -1.99. The molecular weight excluding hydrogens is 164 g/mol. The van der Waals surface area contributed by atoms with Crippen LogP contribution in [0.3, 0.4) is 0 Å². The quantitative estimate of drug-likeness (QED) is 0.622. The molecule has 2 nitrogen and oxygen atoms in total. The van der Waals surface area contributed by atoms with Gasteiger partial charge in [-0.25, -0.2) is 4.79 Å². The normalized spacial score (nSPS) is 9.54. The molecule has 0 unspecified atom stereocenters. The number of unbranched alkanes of at least 4 members (excludes halogenated alkanes) is 1. The van der Waals surface area contributed by atoms with Gasteiger partial charge < -0.3 is 4.74 Å². The fourth-order valence-corrected chi connectivity index (χ4v) is 1.19. The van der Waals surface area contributed by atoms with Crippen molar-refractivity contribution in [2.45, 2.75) is 19.3 Å². The highest BCUT2D eigenvalue weighted by Crippen LogP contribution is 2.03. The van der Waals surface area contributed by atoms with Gasteiger partial charge in [-0.1, -0.05) is 30.3 Å². The second-order valence-electron chi connectivity index (χ2n) is 2.87. The molecule has 1 radical (unpaired) electrons. The van der Waals surface area contributed by atoms with Crippen LogP contribution in [-0.2, 0) is 16.0 Å². The van der Waals surface area contributed by atoms with E-state index in [4.69, 9.17) is 0 Å². The van der Waals surface area contributed by atoms with Crippen LogP contribution in [0.4, 0.5) is 0 Å². The lowest BCUT2D eigenvalue weighted by atomic mass is 10.1. The third-order valence-electron chi connectivity index (χ3n) is 1.86. The van der Waals surface area contributed by atoms with Crippen molar-refractivity contribution in [1.29, 1.82) is 0 Å². The summed E-state index contributed by atoms with van der Waals surface area (Å²) in [5.41, 5.74) is 1.33. The van der Waals surface area contributed by atoms with Crippen LogP contribution in [0.15, 0.2) is 30.3 Å².